The molecule has 1 aromatic heterocycles. The van der Waals surface area contributed by atoms with Crippen LogP contribution in [0.5, 0.6) is 0 Å². The molecule has 2 aromatic rings. The van der Waals surface area contributed by atoms with Crippen LogP contribution >= 0.6 is 11.8 Å². The fraction of sp³-hybridized carbons (Fsp3) is 0.267. The largest absolute Gasteiger partial charge is 0.355 e. The third-order valence-electron chi connectivity index (χ3n) is 3.50. The van der Waals surface area contributed by atoms with Crippen LogP contribution in [0, 0.1) is 0 Å². The number of carbonyl (C=O) groups excluding carboxylic acids is 3. The summed E-state index contributed by atoms with van der Waals surface area (Å²) in [5.41, 5.74) is 0.790. The number of aromatic nitrogens is 3. The fourth-order valence-electron chi connectivity index (χ4n) is 2.35. The molecule has 9 heteroatoms. The molecule has 0 fully saturated rings. The van der Waals surface area contributed by atoms with Gasteiger partial charge in [0.25, 0.3) is 11.8 Å². The molecule has 0 saturated carbocycles. The van der Waals surface area contributed by atoms with Gasteiger partial charge in [-0.15, -0.1) is 0 Å². The van der Waals surface area contributed by atoms with Gasteiger partial charge in [0, 0.05) is 25.3 Å². The van der Waals surface area contributed by atoms with Crippen LogP contribution in [0.1, 0.15) is 27.1 Å². The molecule has 0 spiro atoms. The lowest BCUT2D eigenvalue weighted by atomic mass is 10.1. The molecule has 1 aromatic carbocycles. The Hall–Kier alpha value is -2.68. The Kier molecular flexibility index (Phi) is 4.90. The molecule has 2 heterocycles. The lowest BCUT2D eigenvalue weighted by molar-refractivity contribution is -0.121. The number of amides is 3. The summed E-state index contributed by atoms with van der Waals surface area (Å²) in [7, 11) is 0. The summed E-state index contributed by atoms with van der Waals surface area (Å²) in [4.78, 5) is 41.3. The summed E-state index contributed by atoms with van der Waals surface area (Å²) in [6.07, 6.45) is 1.50. The van der Waals surface area contributed by atoms with Gasteiger partial charge in [-0.1, -0.05) is 23.9 Å². The molecule has 3 rings (SSSR count). The summed E-state index contributed by atoms with van der Waals surface area (Å²) >= 11 is 1.44. The van der Waals surface area contributed by atoms with E-state index < -0.39 is 0 Å². The van der Waals surface area contributed by atoms with Crippen molar-refractivity contribution < 1.29 is 14.4 Å². The quantitative estimate of drug-likeness (QED) is 0.434. The number of fused-ring (bicyclic) bond motifs is 1. The van der Waals surface area contributed by atoms with E-state index in [-0.39, 0.29) is 30.7 Å². The van der Waals surface area contributed by atoms with Crippen molar-refractivity contribution in [1.82, 2.24) is 25.4 Å². The second kappa shape index (κ2) is 7.26. The number of hydrogen-bond acceptors (Lipinski definition) is 6. The van der Waals surface area contributed by atoms with Gasteiger partial charge in [-0.25, -0.2) is 4.98 Å². The summed E-state index contributed by atoms with van der Waals surface area (Å²) in [5.74, 6) is -0.244. The molecule has 8 nitrogen and oxygen atoms in total. The zero-order valence-electron chi connectivity index (χ0n) is 12.7. The van der Waals surface area contributed by atoms with E-state index >= 15 is 0 Å². The van der Waals surface area contributed by atoms with Crippen LogP contribution in [-0.4, -0.2) is 56.6 Å². The predicted octanol–water partition coefficient (Wildman–Crippen LogP) is 0.699. The number of benzene rings is 1. The van der Waals surface area contributed by atoms with Gasteiger partial charge in [0.1, 0.15) is 6.33 Å². The van der Waals surface area contributed by atoms with Crippen LogP contribution < -0.4 is 5.32 Å². The highest BCUT2D eigenvalue weighted by atomic mass is 32.2. The number of nitrogens with one attached hydrogen (secondary N) is 2. The van der Waals surface area contributed by atoms with Gasteiger partial charge in [-0.3, -0.25) is 24.4 Å². The van der Waals surface area contributed by atoms with E-state index in [4.69, 9.17) is 0 Å². The van der Waals surface area contributed by atoms with E-state index in [1.54, 1.807) is 24.3 Å². The number of carbonyl (C=O) groups is 3. The van der Waals surface area contributed by atoms with Crippen molar-refractivity contribution in [3.05, 3.63) is 41.7 Å². The Morgan fingerprint density at radius 3 is 2.54 bits per heavy atom. The highest BCUT2D eigenvalue weighted by Gasteiger charge is 2.34. The summed E-state index contributed by atoms with van der Waals surface area (Å²) in [6.45, 7) is 0.541. The molecule has 1 aliphatic heterocycles. The monoisotopic (exact) mass is 345 g/mol. The second-order valence-corrected chi connectivity index (χ2v) is 6.13. The third kappa shape index (κ3) is 3.46. The first-order valence-electron chi connectivity index (χ1n) is 7.37. The van der Waals surface area contributed by atoms with E-state index in [0.717, 1.165) is 4.90 Å². The number of H-pyrrole nitrogens is 1. The number of rotatable bonds is 7. The van der Waals surface area contributed by atoms with E-state index in [2.05, 4.69) is 20.5 Å². The SMILES string of the molecule is O=C(CCN1C(=O)c2ccccc2C1=O)NCCSc1ncn[nH]1. The lowest BCUT2D eigenvalue weighted by Gasteiger charge is -2.13. The number of imide groups is 1. The van der Waals surface area contributed by atoms with Gasteiger partial charge in [-0.05, 0) is 12.1 Å². The van der Waals surface area contributed by atoms with Gasteiger partial charge < -0.3 is 5.32 Å². The van der Waals surface area contributed by atoms with Crippen LogP contribution in [0.4, 0.5) is 0 Å². The van der Waals surface area contributed by atoms with Crippen molar-refractivity contribution >= 4 is 29.5 Å². The van der Waals surface area contributed by atoms with Crippen LogP contribution in [-0.2, 0) is 4.79 Å². The van der Waals surface area contributed by atoms with Crippen molar-refractivity contribution in [2.24, 2.45) is 0 Å². The highest BCUT2D eigenvalue weighted by Crippen LogP contribution is 2.22. The smallest absolute Gasteiger partial charge is 0.261 e. The van der Waals surface area contributed by atoms with Crippen LogP contribution in [0.15, 0.2) is 35.7 Å². The minimum absolute atomic E-state index is 0.0768. The first-order chi connectivity index (χ1) is 11.7. The van der Waals surface area contributed by atoms with Crippen molar-refractivity contribution in [1.29, 1.82) is 0 Å². The van der Waals surface area contributed by atoms with Gasteiger partial charge >= 0.3 is 0 Å². The number of aromatic amines is 1. The third-order valence-corrected chi connectivity index (χ3v) is 4.37. The van der Waals surface area contributed by atoms with E-state index in [0.29, 0.717) is 28.6 Å². The molecule has 0 unspecified atom stereocenters. The Bertz CT molecular complexity index is 727. The molecule has 1 aliphatic rings. The molecule has 24 heavy (non-hydrogen) atoms. The average molecular weight is 345 g/mol. The summed E-state index contributed by atoms with van der Waals surface area (Å²) in [6, 6.07) is 6.67. The molecule has 0 saturated heterocycles. The molecule has 124 valence electrons. The van der Waals surface area contributed by atoms with Crippen LogP contribution in [0.2, 0.25) is 0 Å². The highest BCUT2D eigenvalue weighted by molar-refractivity contribution is 7.99. The molecule has 2 N–H and O–H groups in total. The predicted molar refractivity (Wildman–Crippen MR) is 86.5 cm³/mol. The van der Waals surface area contributed by atoms with E-state index in [1.807, 2.05) is 0 Å². The molecule has 0 atom stereocenters. The van der Waals surface area contributed by atoms with Crippen molar-refractivity contribution in [3.63, 3.8) is 0 Å². The Morgan fingerprint density at radius 1 is 1.21 bits per heavy atom. The van der Waals surface area contributed by atoms with Crippen LogP contribution in [0.25, 0.3) is 0 Å². The minimum atomic E-state index is -0.343. The molecule has 0 radical (unpaired) electrons. The van der Waals surface area contributed by atoms with E-state index in [9.17, 15) is 14.4 Å². The molecular weight excluding hydrogens is 330 g/mol. The molecule has 0 bridgehead atoms. The number of hydrogen-bond donors (Lipinski definition) is 2. The fourth-order valence-corrected chi connectivity index (χ4v) is 2.98. The van der Waals surface area contributed by atoms with Crippen molar-refractivity contribution in [2.75, 3.05) is 18.8 Å². The number of thioether (sulfide) groups is 1. The van der Waals surface area contributed by atoms with Crippen LogP contribution in [0.3, 0.4) is 0 Å². The standard InChI is InChI=1S/C15H15N5O3S/c21-12(16-6-8-24-15-17-9-18-19-15)5-7-20-13(22)10-3-1-2-4-11(10)14(20)23/h1-4,9H,5-8H2,(H,16,21)(H,17,18,19). The second-order valence-electron chi connectivity index (χ2n) is 5.05. The first kappa shape index (κ1) is 16.2. The molecular formula is C15H15N5O3S. The van der Waals surface area contributed by atoms with Gasteiger partial charge in [0.05, 0.1) is 11.1 Å². The lowest BCUT2D eigenvalue weighted by Crippen LogP contribution is -2.35. The Morgan fingerprint density at radius 2 is 1.92 bits per heavy atom. The number of nitrogens with zero attached hydrogens (tertiary/aromatic N) is 3. The zero-order valence-corrected chi connectivity index (χ0v) is 13.5. The van der Waals surface area contributed by atoms with Crippen molar-refractivity contribution in [3.8, 4) is 0 Å². The summed E-state index contributed by atoms with van der Waals surface area (Å²) < 4.78 is 0. The van der Waals surface area contributed by atoms with Gasteiger partial charge in [0.2, 0.25) is 5.91 Å². The maximum Gasteiger partial charge on any atom is 0.261 e. The minimum Gasteiger partial charge on any atom is -0.355 e. The summed E-state index contributed by atoms with van der Waals surface area (Å²) in [5, 5.41) is 9.88. The molecule has 0 aliphatic carbocycles. The average Bonchev–Trinajstić information content (AvgIpc) is 3.19. The normalized spacial score (nSPS) is 13.2. The van der Waals surface area contributed by atoms with E-state index in [1.165, 1.54) is 18.1 Å². The van der Waals surface area contributed by atoms with Gasteiger partial charge in [-0.2, -0.15) is 5.10 Å². The zero-order chi connectivity index (χ0) is 16.9. The topological polar surface area (TPSA) is 108 Å². The first-order valence-corrected chi connectivity index (χ1v) is 8.35. The Labute approximate surface area is 142 Å². The maximum atomic E-state index is 12.2. The molecule has 3 amide bonds. The maximum absolute atomic E-state index is 12.2. The Balaban J connectivity index is 1.42. The van der Waals surface area contributed by atoms with Gasteiger partial charge in [0.15, 0.2) is 5.16 Å². The van der Waals surface area contributed by atoms with Crippen molar-refractivity contribution in [2.45, 2.75) is 11.6 Å².